The van der Waals surface area contributed by atoms with Gasteiger partial charge in [-0.15, -0.1) is 0 Å². The van der Waals surface area contributed by atoms with Crippen LogP contribution in [0.4, 0.5) is 5.82 Å². The number of sulfonamides is 1. The summed E-state index contributed by atoms with van der Waals surface area (Å²) in [5, 5.41) is 8.55. The van der Waals surface area contributed by atoms with E-state index in [1.165, 1.54) is 21.3 Å². The van der Waals surface area contributed by atoms with Crippen molar-refractivity contribution in [2.45, 2.75) is 36.8 Å². The van der Waals surface area contributed by atoms with Crippen LogP contribution in [0.1, 0.15) is 24.8 Å². The molecule has 11 nitrogen and oxygen atoms in total. The van der Waals surface area contributed by atoms with Crippen LogP contribution in [0.2, 0.25) is 0 Å². The molecule has 5 rings (SSSR count). The van der Waals surface area contributed by atoms with Crippen molar-refractivity contribution in [1.29, 1.82) is 0 Å². The molecule has 190 valence electrons. The quantitative estimate of drug-likeness (QED) is 0.336. The van der Waals surface area contributed by atoms with Gasteiger partial charge in [-0.3, -0.25) is 9.40 Å². The van der Waals surface area contributed by atoms with Crippen LogP contribution in [0.3, 0.4) is 0 Å². The zero-order valence-electron chi connectivity index (χ0n) is 20.1. The molecule has 12 heteroatoms. The predicted molar refractivity (Wildman–Crippen MR) is 131 cm³/mol. The van der Waals surface area contributed by atoms with Gasteiger partial charge in [0, 0.05) is 24.5 Å². The first-order valence-electron chi connectivity index (χ1n) is 11.3. The van der Waals surface area contributed by atoms with Crippen LogP contribution in [0.5, 0.6) is 23.0 Å². The van der Waals surface area contributed by atoms with Gasteiger partial charge in [-0.1, -0.05) is 5.16 Å². The zero-order valence-corrected chi connectivity index (χ0v) is 20.9. The van der Waals surface area contributed by atoms with Crippen molar-refractivity contribution in [2.75, 3.05) is 26.1 Å². The Hall–Kier alpha value is -3.93. The number of rotatable bonds is 10. The standard InChI is InChI=1S/C24H26N4O7S/c1-31-18-10-15(14-28-9-5-8-25-28)11-19-22(18)24(26-35-19)27-36(29,30)23-20(32-2)12-17(13-21(23)33-3)34-16-6-4-7-16/h5,8-13,16H,4,6-7,14H2,1-3H3,(H,26,27). The summed E-state index contributed by atoms with van der Waals surface area (Å²) < 4.78 is 59.0. The largest absolute Gasteiger partial charge is 0.496 e. The van der Waals surface area contributed by atoms with Crippen LogP contribution in [0, 0.1) is 0 Å². The molecule has 1 N–H and O–H groups in total. The number of hydrogen-bond acceptors (Lipinski definition) is 9. The summed E-state index contributed by atoms with van der Waals surface area (Å²) in [7, 11) is 0.0408. The van der Waals surface area contributed by atoms with Gasteiger partial charge < -0.3 is 23.5 Å². The molecule has 0 unspecified atom stereocenters. The average molecular weight is 515 g/mol. The van der Waals surface area contributed by atoms with E-state index in [0.717, 1.165) is 24.8 Å². The molecule has 0 amide bonds. The molecule has 1 fully saturated rings. The van der Waals surface area contributed by atoms with E-state index in [4.69, 9.17) is 23.5 Å². The summed E-state index contributed by atoms with van der Waals surface area (Å²) in [6.45, 7) is 0.477. The van der Waals surface area contributed by atoms with E-state index in [9.17, 15) is 8.42 Å². The number of fused-ring (bicyclic) bond motifs is 1. The fourth-order valence-electron chi connectivity index (χ4n) is 4.04. The maximum atomic E-state index is 13.5. The molecule has 0 saturated heterocycles. The van der Waals surface area contributed by atoms with Crippen LogP contribution >= 0.6 is 0 Å². The van der Waals surface area contributed by atoms with Crippen molar-refractivity contribution in [3.63, 3.8) is 0 Å². The topological polar surface area (TPSA) is 127 Å². The highest BCUT2D eigenvalue weighted by Crippen LogP contribution is 2.41. The highest BCUT2D eigenvalue weighted by molar-refractivity contribution is 7.93. The molecule has 1 aliphatic rings. The van der Waals surface area contributed by atoms with Gasteiger partial charge in [-0.2, -0.15) is 5.10 Å². The summed E-state index contributed by atoms with van der Waals surface area (Å²) >= 11 is 0. The minimum atomic E-state index is -4.22. The molecule has 0 radical (unpaired) electrons. The molecule has 2 heterocycles. The Morgan fingerprint density at radius 2 is 1.78 bits per heavy atom. The van der Waals surface area contributed by atoms with Crippen molar-refractivity contribution >= 4 is 26.8 Å². The van der Waals surface area contributed by atoms with Crippen LogP contribution in [-0.4, -0.2) is 50.8 Å². The molecule has 1 saturated carbocycles. The fourth-order valence-corrected chi connectivity index (χ4v) is 5.35. The number of nitrogens with zero attached hydrogens (tertiary/aromatic N) is 3. The lowest BCUT2D eigenvalue weighted by molar-refractivity contribution is 0.119. The lowest BCUT2D eigenvalue weighted by atomic mass is 9.96. The predicted octanol–water partition coefficient (Wildman–Crippen LogP) is 3.83. The highest BCUT2D eigenvalue weighted by Gasteiger charge is 2.30. The monoisotopic (exact) mass is 514 g/mol. The maximum absolute atomic E-state index is 13.5. The second kappa shape index (κ2) is 9.61. The Kier molecular flexibility index (Phi) is 6.35. The smallest absolute Gasteiger partial charge is 0.270 e. The highest BCUT2D eigenvalue weighted by atomic mass is 32.2. The van der Waals surface area contributed by atoms with E-state index in [-0.39, 0.29) is 28.3 Å². The summed E-state index contributed by atoms with van der Waals surface area (Å²) in [5.41, 5.74) is 1.20. The van der Waals surface area contributed by atoms with Gasteiger partial charge in [0.15, 0.2) is 16.3 Å². The summed E-state index contributed by atoms with van der Waals surface area (Å²) in [6, 6.07) is 8.45. The van der Waals surface area contributed by atoms with Crippen molar-refractivity contribution < 1.29 is 31.9 Å². The summed E-state index contributed by atoms with van der Waals surface area (Å²) in [6.07, 6.45) is 6.64. The fraction of sp³-hybridized carbons (Fsp3) is 0.333. The number of aromatic nitrogens is 3. The third kappa shape index (κ3) is 4.51. The van der Waals surface area contributed by atoms with E-state index >= 15 is 0 Å². The molecule has 0 aliphatic heterocycles. The molecule has 0 bridgehead atoms. The molecule has 2 aromatic carbocycles. The van der Waals surface area contributed by atoms with Crippen molar-refractivity contribution in [3.8, 4) is 23.0 Å². The molecular weight excluding hydrogens is 488 g/mol. The van der Waals surface area contributed by atoms with Gasteiger partial charge >= 0.3 is 0 Å². The molecule has 0 atom stereocenters. The molecular formula is C24H26N4O7S. The van der Waals surface area contributed by atoms with Gasteiger partial charge in [-0.25, -0.2) is 8.42 Å². The number of nitrogens with one attached hydrogen (secondary N) is 1. The Balaban J connectivity index is 1.50. The van der Waals surface area contributed by atoms with Gasteiger partial charge in [0.1, 0.15) is 28.4 Å². The molecule has 2 aromatic heterocycles. The number of hydrogen-bond donors (Lipinski definition) is 1. The van der Waals surface area contributed by atoms with Gasteiger partial charge in [0.2, 0.25) is 0 Å². The Morgan fingerprint density at radius 3 is 2.36 bits per heavy atom. The molecule has 0 spiro atoms. The first-order valence-corrected chi connectivity index (χ1v) is 12.8. The van der Waals surface area contributed by atoms with E-state index in [2.05, 4.69) is 15.0 Å². The SMILES string of the molecule is COc1cc(OC2CCC2)cc(OC)c1S(=O)(=O)Nc1noc2cc(Cn3cccn3)cc(OC)c12. The molecule has 36 heavy (non-hydrogen) atoms. The first-order chi connectivity index (χ1) is 17.4. The minimum absolute atomic E-state index is 0.0219. The first kappa shape index (κ1) is 23.8. The van der Waals surface area contributed by atoms with E-state index in [1.807, 2.05) is 12.3 Å². The molecule has 1 aliphatic carbocycles. The maximum Gasteiger partial charge on any atom is 0.270 e. The van der Waals surface area contributed by atoms with Crippen LogP contribution < -0.4 is 23.7 Å². The van der Waals surface area contributed by atoms with Gasteiger partial charge in [0.25, 0.3) is 10.0 Å². The number of anilines is 1. The van der Waals surface area contributed by atoms with Gasteiger partial charge in [-0.05, 0) is 43.0 Å². The van der Waals surface area contributed by atoms with Crippen molar-refractivity contribution in [1.82, 2.24) is 14.9 Å². The third-order valence-corrected chi connectivity index (χ3v) is 7.41. The third-order valence-electron chi connectivity index (χ3n) is 6.01. The van der Waals surface area contributed by atoms with E-state index < -0.39 is 10.0 Å². The second-order valence-corrected chi connectivity index (χ2v) is 9.96. The average Bonchev–Trinajstić information content (AvgIpc) is 3.50. The number of benzene rings is 2. The normalized spacial score (nSPS) is 13.9. The van der Waals surface area contributed by atoms with Gasteiger partial charge in [0.05, 0.1) is 34.0 Å². The molecule has 4 aromatic rings. The lowest BCUT2D eigenvalue weighted by Crippen LogP contribution is -2.24. The van der Waals surface area contributed by atoms with Crippen LogP contribution in [0.15, 0.2) is 52.1 Å². The Labute approximate surface area is 207 Å². The number of ether oxygens (including phenoxy) is 4. The summed E-state index contributed by atoms with van der Waals surface area (Å²) in [4.78, 5) is -0.182. The van der Waals surface area contributed by atoms with Crippen molar-refractivity contribution in [2.24, 2.45) is 0 Å². The van der Waals surface area contributed by atoms with Crippen LogP contribution in [0.25, 0.3) is 11.0 Å². The van der Waals surface area contributed by atoms with Crippen LogP contribution in [-0.2, 0) is 16.6 Å². The Morgan fingerprint density at radius 1 is 1.06 bits per heavy atom. The number of methoxy groups -OCH3 is 3. The van der Waals surface area contributed by atoms with Crippen molar-refractivity contribution in [3.05, 3.63) is 48.3 Å². The Bertz CT molecular complexity index is 1450. The zero-order chi connectivity index (χ0) is 25.3. The summed E-state index contributed by atoms with van der Waals surface area (Å²) in [5.74, 6) is 1.02. The minimum Gasteiger partial charge on any atom is -0.496 e. The van der Waals surface area contributed by atoms with E-state index in [1.54, 1.807) is 35.1 Å². The van der Waals surface area contributed by atoms with E-state index in [0.29, 0.717) is 29.0 Å². The second-order valence-electron chi connectivity index (χ2n) is 8.34. The lowest BCUT2D eigenvalue weighted by Gasteiger charge is -2.27.